The SMILES string of the molecule is O=C(O)c1cc(I)cn1-c1c(F)cccc1Cl. The van der Waals surface area contributed by atoms with Gasteiger partial charge in [0.2, 0.25) is 0 Å². The van der Waals surface area contributed by atoms with Gasteiger partial charge in [-0.3, -0.25) is 0 Å². The fraction of sp³-hybridized carbons (Fsp3) is 0. The van der Waals surface area contributed by atoms with Gasteiger partial charge >= 0.3 is 5.97 Å². The van der Waals surface area contributed by atoms with E-state index in [1.807, 2.05) is 22.6 Å². The molecule has 1 N–H and O–H groups in total. The minimum Gasteiger partial charge on any atom is -0.477 e. The van der Waals surface area contributed by atoms with Crippen LogP contribution in [0.4, 0.5) is 4.39 Å². The van der Waals surface area contributed by atoms with Crippen LogP contribution in [-0.4, -0.2) is 15.6 Å². The monoisotopic (exact) mass is 365 g/mol. The number of carboxylic acids is 1. The Hall–Kier alpha value is -1.08. The van der Waals surface area contributed by atoms with E-state index in [0.29, 0.717) is 3.57 Å². The first-order valence-electron chi connectivity index (χ1n) is 4.56. The Morgan fingerprint density at radius 2 is 2.18 bits per heavy atom. The number of carbonyl (C=O) groups is 1. The first kappa shape index (κ1) is 12.4. The molecule has 0 unspecified atom stereocenters. The molecule has 0 aliphatic heterocycles. The van der Waals surface area contributed by atoms with E-state index < -0.39 is 11.8 Å². The summed E-state index contributed by atoms with van der Waals surface area (Å²) in [6, 6.07) is 5.67. The zero-order valence-corrected chi connectivity index (χ0v) is 11.2. The number of para-hydroxylation sites is 1. The van der Waals surface area contributed by atoms with Gasteiger partial charge in [0.1, 0.15) is 17.2 Å². The van der Waals surface area contributed by atoms with E-state index in [1.54, 1.807) is 0 Å². The average Bonchev–Trinajstić information content (AvgIpc) is 2.60. The molecular weight excluding hydrogens is 359 g/mol. The lowest BCUT2D eigenvalue weighted by molar-refractivity contribution is 0.0688. The predicted molar refractivity (Wildman–Crippen MR) is 70.4 cm³/mol. The van der Waals surface area contributed by atoms with Gasteiger partial charge in [-0.25, -0.2) is 9.18 Å². The molecule has 17 heavy (non-hydrogen) atoms. The summed E-state index contributed by atoms with van der Waals surface area (Å²) < 4.78 is 15.6. The highest BCUT2D eigenvalue weighted by Gasteiger charge is 2.17. The Balaban J connectivity index is 2.72. The minimum atomic E-state index is -1.13. The molecule has 0 aliphatic rings. The van der Waals surface area contributed by atoms with Crippen LogP contribution in [0.3, 0.4) is 0 Å². The Kier molecular flexibility index (Phi) is 3.39. The van der Waals surface area contributed by atoms with Crippen molar-refractivity contribution >= 4 is 40.2 Å². The molecule has 0 saturated carbocycles. The van der Waals surface area contributed by atoms with Gasteiger partial charge in [-0.15, -0.1) is 0 Å². The van der Waals surface area contributed by atoms with Crippen LogP contribution < -0.4 is 0 Å². The van der Waals surface area contributed by atoms with Crippen LogP contribution in [0, 0.1) is 9.39 Å². The Labute approximate surface area is 115 Å². The topological polar surface area (TPSA) is 42.2 Å². The second kappa shape index (κ2) is 4.66. The van der Waals surface area contributed by atoms with Crippen LogP contribution in [0.15, 0.2) is 30.5 Å². The van der Waals surface area contributed by atoms with Crippen molar-refractivity contribution in [2.45, 2.75) is 0 Å². The Morgan fingerprint density at radius 3 is 2.76 bits per heavy atom. The van der Waals surface area contributed by atoms with Gasteiger partial charge in [0, 0.05) is 9.77 Å². The molecule has 2 aromatic rings. The van der Waals surface area contributed by atoms with E-state index in [1.165, 1.54) is 35.0 Å². The third-order valence-corrected chi connectivity index (χ3v) is 3.08. The number of hydrogen-bond acceptors (Lipinski definition) is 1. The summed E-state index contributed by atoms with van der Waals surface area (Å²) in [5, 5.41) is 9.20. The molecule has 1 heterocycles. The summed E-state index contributed by atoms with van der Waals surface area (Å²) in [5.74, 6) is -1.70. The van der Waals surface area contributed by atoms with Gasteiger partial charge < -0.3 is 9.67 Å². The highest BCUT2D eigenvalue weighted by atomic mass is 127. The van der Waals surface area contributed by atoms with Crippen molar-refractivity contribution in [1.82, 2.24) is 4.57 Å². The number of nitrogens with zero attached hydrogens (tertiary/aromatic N) is 1. The minimum absolute atomic E-state index is 0.0265. The Morgan fingerprint density at radius 1 is 1.47 bits per heavy atom. The van der Waals surface area contributed by atoms with Crippen LogP contribution in [0.2, 0.25) is 5.02 Å². The third kappa shape index (κ3) is 2.30. The standard InChI is InChI=1S/C11H6ClFINO2/c12-7-2-1-3-8(13)10(7)15-5-6(14)4-9(15)11(16)17/h1-5H,(H,16,17). The van der Waals surface area contributed by atoms with Crippen molar-refractivity contribution in [3.05, 3.63) is 50.6 Å². The normalized spacial score (nSPS) is 10.5. The van der Waals surface area contributed by atoms with Gasteiger partial charge in [0.15, 0.2) is 0 Å². The summed E-state index contributed by atoms with van der Waals surface area (Å²) >= 11 is 7.85. The smallest absolute Gasteiger partial charge is 0.352 e. The summed E-state index contributed by atoms with van der Waals surface area (Å²) in [6.07, 6.45) is 1.52. The van der Waals surface area contributed by atoms with Crippen molar-refractivity contribution < 1.29 is 14.3 Å². The fourth-order valence-electron chi connectivity index (χ4n) is 1.50. The Bertz CT molecular complexity index is 577. The van der Waals surface area contributed by atoms with Crippen LogP contribution in [0.5, 0.6) is 0 Å². The van der Waals surface area contributed by atoms with Crippen molar-refractivity contribution in [2.24, 2.45) is 0 Å². The molecule has 0 aliphatic carbocycles. The summed E-state index contributed by atoms with van der Waals surface area (Å²) in [6.45, 7) is 0. The van der Waals surface area contributed by atoms with Crippen LogP contribution >= 0.6 is 34.2 Å². The van der Waals surface area contributed by atoms with E-state index in [9.17, 15) is 9.18 Å². The second-order valence-electron chi connectivity index (χ2n) is 3.29. The fourth-order valence-corrected chi connectivity index (χ4v) is 2.33. The second-order valence-corrected chi connectivity index (χ2v) is 4.94. The largest absolute Gasteiger partial charge is 0.477 e. The number of aromatic carboxylic acids is 1. The first-order valence-corrected chi connectivity index (χ1v) is 6.02. The lowest BCUT2D eigenvalue weighted by Gasteiger charge is -2.09. The maximum absolute atomic E-state index is 13.7. The van der Waals surface area contributed by atoms with Gasteiger partial charge in [0.05, 0.1) is 5.02 Å². The van der Waals surface area contributed by atoms with E-state index in [0.717, 1.165) is 0 Å². The number of aromatic nitrogens is 1. The van der Waals surface area contributed by atoms with Crippen molar-refractivity contribution in [1.29, 1.82) is 0 Å². The third-order valence-electron chi connectivity index (χ3n) is 2.18. The molecule has 0 radical (unpaired) electrons. The van der Waals surface area contributed by atoms with Gasteiger partial charge in [-0.2, -0.15) is 0 Å². The van der Waals surface area contributed by atoms with E-state index in [-0.39, 0.29) is 16.4 Å². The molecule has 3 nitrogen and oxygen atoms in total. The zero-order chi connectivity index (χ0) is 12.6. The molecule has 0 saturated heterocycles. The van der Waals surface area contributed by atoms with Crippen LogP contribution in [-0.2, 0) is 0 Å². The maximum atomic E-state index is 13.7. The van der Waals surface area contributed by atoms with E-state index >= 15 is 0 Å². The summed E-state index contributed by atoms with van der Waals surface area (Å²) in [7, 11) is 0. The molecule has 0 bridgehead atoms. The molecule has 0 atom stereocenters. The zero-order valence-electron chi connectivity index (χ0n) is 8.32. The highest BCUT2D eigenvalue weighted by molar-refractivity contribution is 14.1. The number of hydrogen-bond donors (Lipinski definition) is 1. The maximum Gasteiger partial charge on any atom is 0.352 e. The molecular formula is C11H6ClFINO2. The number of carboxylic acid groups (broad SMARTS) is 1. The molecule has 6 heteroatoms. The predicted octanol–water partition coefficient (Wildman–Crippen LogP) is 3.57. The quantitative estimate of drug-likeness (QED) is 0.827. The number of halogens is 3. The number of benzene rings is 1. The highest BCUT2D eigenvalue weighted by Crippen LogP contribution is 2.26. The molecule has 2 rings (SSSR count). The molecule has 88 valence electrons. The molecule has 1 aromatic carbocycles. The van der Waals surface area contributed by atoms with Gasteiger partial charge in [-0.1, -0.05) is 17.7 Å². The summed E-state index contributed by atoms with van der Waals surface area (Å²) in [5.41, 5.74) is 0.0240. The van der Waals surface area contributed by atoms with E-state index in [4.69, 9.17) is 16.7 Å². The van der Waals surface area contributed by atoms with Gasteiger partial charge in [-0.05, 0) is 40.8 Å². The molecule has 1 aromatic heterocycles. The number of rotatable bonds is 2. The van der Waals surface area contributed by atoms with Gasteiger partial charge in [0.25, 0.3) is 0 Å². The lowest BCUT2D eigenvalue weighted by Crippen LogP contribution is -2.07. The molecule has 0 spiro atoms. The lowest BCUT2D eigenvalue weighted by atomic mass is 10.3. The van der Waals surface area contributed by atoms with Crippen LogP contribution in [0.25, 0.3) is 5.69 Å². The van der Waals surface area contributed by atoms with Crippen LogP contribution in [0.1, 0.15) is 10.5 Å². The molecule has 0 fully saturated rings. The first-order chi connectivity index (χ1) is 8.00. The summed E-state index contributed by atoms with van der Waals surface area (Å²) in [4.78, 5) is 11.0. The van der Waals surface area contributed by atoms with Crippen molar-refractivity contribution in [3.8, 4) is 5.69 Å². The average molecular weight is 366 g/mol. The van der Waals surface area contributed by atoms with E-state index in [2.05, 4.69) is 0 Å². The molecule has 0 amide bonds. The van der Waals surface area contributed by atoms with Crippen molar-refractivity contribution in [3.63, 3.8) is 0 Å². The van der Waals surface area contributed by atoms with Crippen molar-refractivity contribution in [2.75, 3.05) is 0 Å².